The summed E-state index contributed by atoms with van der Waals surface area (Å²) in [5.74, 6) is 0.938. The number of hydrogen-bond donors (Lipinski definition) is 2. The summed E-state index contributed by atoms with van der Waals surface area (Å²) in [6.07, 6.45) is 5.77. The molecule has 21 heavy (non-hydrogen) atoms. The maximum atomic E-state index is 12.4. The van der Waals surface area contributed by atoms with E-state index in [9.17, 15) is 4.79 Å². The van der Waals surface area contributed by atoms with Gasteiger partial charge in [-0.2, -0.15) is 0 Å². The van der Waals surface area contributed by atoms with Gasteiger partial charge in [-0.1, -0.05) is 26.2 Å². The zero-order valence-electron chi connectivity index (χ0n) is 12.9. The molecule has 1 fully saturated rings. The third-order valence-corrected chi connectivity index (χ3v) is 4.45. The fraction of sp³-hybridized carbons (Fsp3) is 0.625. The van der Waals surface area contributed by atoms with Gasteiger partial charge in [0.1, 0.15) is 5.82 Å². The van der Waals surface area contributed by atoms with Gasteiger partial charge >= 0.3 is 0 Å². The molecule has 5 heteroatoms. The Morgan fingerprint density at radius 3 is 2.81 bits per heavy atom. The number of aliphatic imine (C=N–C) groups is 1. The van der Waals surface area contributed by atoms with Crippen LogP contribution in [0.2, 0.25) is 0 Å². The highest BCUT2D eigenvalue weighted by molar-refractivity contribution is 6.04. The number of hydrogen-bond acceptors (Lipinski definition) is 4. The number of pyridine rings is 1. The van der Waals surface area contributed by atoms with Crippen LogP contribution in [0.25, 0.3) is 0 Å². The van der Waals surface area contributed by atoms with Crippen molar-refractivity contribution in [1.29, 1.82) is 0 Å². The van der Waals surface area contributed by atoms with Crippen LogP contribution in [0.1, 0.15) is 57.6 Å². The van der Waals surface area contributed by atoms with Crippen LogP contribution in [-0.2, 0) is 0 Å². The molecular formula is C16H24N4O. The Morgan fingerprint density at radius 1 is 1.33 bits per heavy atom. The van der Waals surface area contributed by atoms with Crippen LogP contribution in [0.15, 0.2) is 21.9 Å². The van der Waals surface area contributed by atoms with E-state index < -0.39 is 0 Å². The lowest BCUT2D eigenvalue weighted by molar-refractivity contribution is 0.347. The van der Waals surface area contributed by atoms with Gasteiger partial charge in [-0.3, -0.25) is 14.7 Å². The Kier molecular flexibility index (Phi) is 4.10. The van der Waals surface area contributed by atoms with Crippen molar-refractivity contribution in [1.82, 2.24) is 9.88 Å². The number of nitrogens with zero attached hydrogens (tertiary/aromatic N) is 2. The van der Waals surface area contributed by atoms with E-state index in [-0.39, 0.29) is 11.8 Å². The molecule has 1 saturated carbocycles. The van der Waals surface area contributed by atoms with Gasteiger partial charge in [0.15, 0.2) is 6.29 Å². The third kappa shape index (κ3) is 2.75. The van der Waals surface area contributed by atoms with Crippen molar-refractivity contribution >= 4 is 11.5 Å². The molecule has 1 aromatic heterocycles. The minimum Gasteiger partial charge on any atom is -0.337 e. The largest absolute Gasteiger partial charge is 0.337 e. The molecule has 5 nitrogen and oxygen atoms in total. The van der Waals surface area contributed by atoms with Gasteiger partial charge < -0.3 is 5.32 Å². The minimum absolute atomic E-state index is 0.0955. The Hall–Kier alpha value is -1.62. The molecule has 0 bridgehead atoms. The molecular weight excluding hydrogens is 264 g/mol. The predicted molar refractivity (Wildman–Crippen MR) is 86.1 cm³/mol. The maximum absolute atomic E-state index is 12.4. The summed E-state index contributed by atoms with van der Waals surface area (Å²) in [5, 5.41) is 6.69. The summed E-state index contributed by atoms with van der Waals surface area (Å²) in [5.41, 5.74) is 2.13. The highest BCUT2D eigenvalue weighted by atomic mass is 16.1. The van der Waals surface area contributed by atoms with E-state index in [0.29, 0.717) is 6.04 Å². The SMILES string of the molecule is CCNC1N=C(C)c2ccc(=O)n(C3CCCCC3)c2N1. The Morgan fingerprint density at radius 2 is 2.10 bits per heavy atom. The van der Waals surface area contributed by atoms with Crippen molar-refractivity contribution in [3.05, 3.63) is 28.0 Å². The minimum atomic E-state index is -0.140. The monoisotopic (exact) mass is 288 g/mol. The molecule has 0 spiro atoms. The predicted octanol–water partition coefficient (Wildman–Crippen LogP) is 2.48. The van der Waals surface area contributed by atoms with Gasteiger partial charge in [0, 0.05) is 23.4 Å². The molecule has 1 atom stereocenters. The number of rotatable bonds is 3. The second-order valence-corrected chi connectivity index (χ2v) is 5.91. The lowest BCUT2D eigenvalue weighted by Crippen LogP contribution is -2.41. The van der Waals surface area contributed by atoms with Crippen molar-refractivity contribution in [3.8, 4) is 0 Å². The first kappa shape index (κ1) is 14.3. The van der Waals surface area contributed by atoms with Crippen LogP contribution < -0.4 is 16.2 Å². The number of aromatic nitrogens is 1. The normalized spacial score (nSPS) is 22.4. The first-order chi connectivity index (χ1) is 10.2. The number of fused-ring (bicyclic) bond motifs is 1. The van der Waals surface area contributed by atoms with Crippen molar-refractivity contribution in [3.63, 3.8) is 0 Å². The van der Waals surface area contributed by atoms with Gasteiger partial charge in [0.25, 0.3) is 5.56 Å². The summed E-state index contributed by atoms with van der Waals surface area (Å²) in [7, 11) is 0. The zero-order chi connectivity index (χ0) is 14.8. The van der Waals surface area contributed by atoms with E-state index in [1.165, 1.54) is 19.3 Å². The fourth-order valence-corrected chi connectivity index (χ4v) is 3.41. The van der Waals surface area contributed by atoms with Crippen LogP contribution >= 0.6 is 0 Å². The standard InChI is InChI=1S/C16H24N4O/c1-3-17-16-18-11(2)13-9-10-14(21)20(15(13)19-16)12-7-5-4-6-8-12/h9-10,12,16-17,19H,3-8H2,1-2H3. The van der Waals surface area contributed by atoms with Crippen molar-refractivity contribution in [2.45, 2.75) is 58.3 Å². The van der Waals surface area contributed by atoms with Crippen molar-refractivity contribution in [2.24, 2.45) is 4.99 Å². The van der Waals surface area contributed by atoms with Gasteiger partial charge in [0.2, 0.25) is 0 Å². The molecule has 1 aliphatic heterocycles. The fourth-order valence-electron chi connectivity index (χ4n) is 3.41. The summed E-state index contributed by atoms with van der Waals surface area (Å²) in [6, 6.07) is 3.90. The van der Waals surface area contributed by atoms with Crippen LogP contribution in [0, 0.1) is 0 Å². The second kappa shape index (κ2) is 6.02. The topological polar surface area (TPSA) is 58.4 Å². The molecule has 1 unspecified atom stereocenters. The van der Waals surface area contributed by atoms with Gasteiger partial charge in [-0.15, -0.1) is 0 Å². The Bertz CT molecular complexity index is 599. The average molecular weight is 288 g/mol. The van der Waals surface area contributed by atoms with Crippen LogP contribution in [0.5, 0.6) is 0 Å². The van der Waals surface area contributed by atoms with E-state index in [1.54, 1.807) is 6.07 Å². The zero-order valence-corrected chi connectivity index (χ0v) is 12.9. The smallest absolute Gasteiger partial charge is 0.252 e. The lowest BCUT2D eigenvalue weighted by atomic mass is 9.94. The molecule has 2 N–H and O–H groups in total. The highest BCUT2D eigenvalue weighted by Crippen LogP contribution is 2.31. The Labute approximate surface area is 125 Å². The molecule has 2 heterocycles. The molecule has 1 aromatic rings. The van der Waals surface area contributed by atoms with Gasteiger partial charge in [-0.25, -0.2) is 4.99 Å². The molecule has 0 amide bonds. The molecule has 0 saturated heterocycles. The van der Waals surface area contributed by atoms with Crippen molar-refractivity contribution in [2.75, 3.05) is 11.9 Å². The van der Waals surface area contributed by atoms with Crippen LogP contribution in [0.3, 0.4) is 0 Å². The van der Waals surface area contributed by atoms with E-state index in [4.69, 9.17) is 0 Å². The Balaban J connectivity index is 2.04. The maximum Gasteiger partial charge on any atom is 0.252 e. The first-order valence-electron chi connectivity index (χ1n) is 8.01. The molecule has 2 aliphatic rings. The summed E-state index contributed by atoms with van der Waals surface area (Å²) >= 11 is 0. The van der Waals surface area contributed by atoms with E-state index in [2.05, 4.69) is 22.5 Å². The van der Waals surface area contributed by atoms with Gasteiger partial charge in [0.05, 0.1) is 0 Å². The van der Waals surface area contributed by atoms with Gasteiger partial charge in [-0.05, 0) is 32.4 Å². The van der Waals surface area contributed by atoms with E-state index >= 15 is 0 Å². The van der Waals surface area contributed by atoms with Crippen molar-refractivity contribution < 1.29 is 0 Å². The summed E-state index contributed by atoms with van der Waals surface area (Å²) < 4.78 is 1.97. The number of nitrogens with one attached hydrogen (secondary N) is 2. The van der Waals surface area contributed by atoms with Crippen LogP contribution in [0.4, 0.5) is 5.82 Å². The van der Waals surface area contributed by atoms with Crippen LogP contribution in [-0.4, -0.2) is 23.1 Å². The first-order valence-corrected chi connectivity index (χ1v) is 8.01. The quantitative estimate of drug-likeness (QED) is 0.898. The second-order valence-electron chi connectivity index (χ2n) is 5.91. The van der Waals surface area contributed by atoms with E-state index in [1.807, 2.05) is 17.6 Å². The molecule has 0 radical (unpaired) electrons. The average Bonchev–Trinajstić information content (AvgIpc) is 2.48. The lowest BCUT2D eigenvalue weighted by Gasteiger charge is -2.32. The highest BCUT2D eigenvalue weighted by Gasteiger charge is 2.25. The number of anilines is 1. The molecule has 0 aromatic carbocycles. The third-order valence-electron chi connectivity index (χ3n) is 4.45. The summed E-state index contributed by atoms with van der Waals surface area (Å²) in [6.45, 7) is 4.91. The van der Waals surface area contributed by atoms with E-state index in [0.717, 1.165) is 36.5 Å². The summed E-state index contributed by atoms with van der Waals surface area (Å²) in [4.78, 5) is 17.0. The molecule has 1 aliphatic carbocycles. The molecule has 3 rings (SSSR count). The molecule has 114 valence electrons.